The van der Waals surface area contributed by atoms with Gasteiger partial charge in [0.25, 0.3) is 0 Å². The van der Waals surface area contributed by atoms with Crippen molar-refractivity contribution in [3.05, 3.63) is 54.0 Å². The van der Waals surface area contributed by atoms with Gasteiger partial charge in [0.05, 0.1) is 13.2 Å². The zero-order valence-electron chi connectivity index (χ0n) is 13.4. The molecule has 128 valence electrons. The molecule has 7 heteroatoms. The van der Waals surface area contributed by atoms with Crippen LogP contribution in [0.25, 0.3) is 0 Å². The lowest BCUT2D eigenvalue weighted by molar-refractivity contribution is -0.120. The Bertz CT molecular complexity index is 650. The summed E-state index contributed by atoms with van der Waals surface area (Å²) in [6, 6.07) is 9.30. The van der Waals surface area contributed by atoms with Crippen molar-refractivity contribution in [3.8, 4) is 11.6 Å². The van der Waals surface area contributed by atoms with Crippen LogP contribution in [0.1, 0.15) is 5.56 Å². The average molecular weight is 333 g/mol. The molecule has 1 aromatic heterocycles. The Hall–Kier alpha value is -2.51. The van der Waals surface area contributed by atoms with E-state index in [2.05, 4.69) is 15.6 Å². The number of rotatable bonds is 9. The first-order chi connectivity index (χ1) is 11.7. The van der Waals surface area contributed by atoms with E-state index in [1.165, 1.54) is 12.1 Å². The number of pyridine rings is 1. The van der Waals surface area contributed by atoms with Gasteiger partial charge in [-0.2, -0.15) is 0 Å². The van der Waals surface area contributed by atoms with Crippen LogP contribution in [0.2, 0.25) is 0 Å². The molecule has 6 nitrogen and oxygen atoms in total. The molecule has 2 rings (SSSR count). The van der Waals surface area contributed by atoms with E-state index >= 15 is 0 Å². The summed E-state index contributed by atoms with van der Waals surface area (Å²) in [5.41, 5.74) is 0.840. The van der Waals surface area contributed by atoms with Crippen molar-refractivity contribution >= 4 is 5.91 Å². The van der Waals surface area contributed by atoms with Gasteiger partial charge in [0.2, 0.25) is 11.8 Å². The summed E-state index contributed by atoms with van der Waals surface area (Å²) in [4.78, 5) is 15.8. The molecule has 1 amide bonds. The van der Waals surface area contributed by atoms with Gasteiger partial charge in [0.1, 0.15) is 11.6 Å². The zero-order valence-corrected chi connectivity index (χ0v) is 13.4. The van der Waals surface area contributed by atoms with Crippen molar-refractivity contribution in [2.24, 2.45) is 0 Å². The summed E-state index contributed by atoms with van der Waals surface area (Å²) in [5, 5.41) is 5.74. The molecule has 24 heavy (non-hydrogen) atoms. The van der Waals surface area contributed by atoms with E-state index in [-0.39, 0.29) is 18.3 Å². The fraction of sp³-hybridized carbons (Fsp3) is 0.294. The molecule has 0 fully saturated rings. The van der Waals surface area contributed by atoms with Gasteiger partial charge in [0, 0.05) is 38.5 Å². The largest absolute Gasteiger partial charge is 0.439 e. The Morgan fingerprint density at radius 2 is 2.17 bits per heavy atom. The number of amides is 1. The number of benzene rings is 1. The lowest BCUT2D eigenvalue weighted by Gasteiger charge is -2.08. The molecular formula is C17H20FN3O3. The monoisotopic (exact) mass is 333 g/mol. The Balaban J connectivity index is 1.76. The zero-order chi connectivity index (χ0) is 17.2. The number of hydrogen-bond acceptors (Lipinski definition) is 5. The first kappa shape index (κ1) is 17.8. The number of hydrogen-bond donors (Lipinski definition) is 2. The van der Waals surface area contributed by atoms with E-state index in [1.54, 1.807) is 37.6 Å². The van der Waals surface area contributed by atoms with Crippen molar-refractivity contribution in [3.63, 3.8) is 0 Å². The van der Waals surface area contributed by atoms with Crippen LogP contribution in [-0.4, -0.2) is 37.7 Å². The molecule has 0 atom stereocenters. The van der Waals surface area contributed by atoms with Crippen molar-refractivity contribution in [1.29, 1.82) is 0 Å². The molecule has 0 bridgehead atoms. The minimum atomic E-state index is -0.369. The summed E-state index contributed by atoms with van der Waals surface area (Å²) >= 11 is 0. The maximum absolute atomic E-state index is 13.1. The van der Waals surface area contributed by atoms with Crippen molar-refractivity contribution in [2.75, 3.05) is 26.8 Å². The minimum Gasteiger partial charge on any atom is -0.439 e. The maximum atomic E-state index is 13.1. The number of aromatic nitrogens is 1. The highest BCUT2D eigenvalue weighted by molar-refractivity contribution is 5.77. The summed E-state index contributed by atoms with van der Waals surface area (Å²) in [5.74, 6) is 0.264. The average Bonchev–Trinajstić information content (AvgIpc) is 2.58. The second kappa shape index (κ2) is 9.59. The molecule has 0 aliphatic carbocycles. The van der Waals surface area contributed by atoms with Crippen LogP contribution in [0.3, 0.4) is 0 Å². The lowest BCUT2D eigenvalue weighted by atomic mass is 10.3. The second-order valence-corrected chi connectivity index (χ2v) is 5.01. The maximum Gasteiger partial charge on any atom is 0.234 e. The number of carbonyl (C=O) groups is 1. The topological polar surface area (TPSA) is 72.5 Å². The molecule has 0 aliphatic heterocycles. The molecule has 1 heterocycles. The van der Waals surface area contributed by atoms with Gasteiger partial charge in [-0.25, -0.2) is 9.37 Å². The number of nitrogens with zero attached hydrogens (tertiary/aromatic N) is 1. The predicted molar refractivity (Wildman–Crippen MR) is 87.3 cm³/mol. The van der Waals surface area contributed by atoms with E-state index in [1.807, 2.05) is 0 Å². The smallest absolute Gasteiger partial charge is 0.234 e. The summed E-state index contributed by atoms with van der Waals surface area (Å²) in [6.07, 6.45) is 1.60. The van der Waals surface area contributed by atoms with Gasteiger partial charge in [-0.05, 0) is 17.7 Å². The summed E-state index contributed by atoms with van der Waals surface area (Å²) in [6.45, 7) is 1.79. The molecule has 0 spiro atoms. The highest BCUT2D eigenvalue weighted by Gasteiger charge is 2.03. The highest BCUT2D eigenvalue weighted by atomic mass is 19.1. The van der Waals surface area contributed by atoms with Gasteiger partial charge in [-0.3, -0.25) is 4.79 Å². The van der Waals surface area contributed by atoms with Crippen molar-refractivity contribution in [1.82, 2.24) is 15.6 Å². The third kappa shape index (κ3) is 6.31. The quantitative estimate of drug-likeness (QED) is 0.686. The summed E-state index contributed by atoms with van der Waals surface area (Å²) < 4.78 is 23.4. The van der Waals surface area contributed by atoms with Crippen LogP contribution in [0, 0.1) is 5.82 Å². The number of nitrogens with one attached hydrogen (secondary N) is 2. The fourth-order valence-corrected chi connectivity index (χ4v) is 1.87. The fourth-order valence-electron chi connectivity index (χ4n) is 1.87. The van der Waals surface area contributed by atoms with Crippen molar-refractivity contribution < 1.29 is 18.7 Å². The molecular weight excluding hydrogens is 313 g/mol. The molecule has 2 aromatic rings. The number of halogens is 1. The van der Waals surface area contributed by atoms with E-state index in [0.717, 1.165) is 5.56 Å². The van der Waals surface area contributed by atoms with Gasteiger partial charge in [0.15, 0.2) is 0 Å². The van der Waals surface area contributed by atoms with Crippen LogP contribution < -0.4 is 15.4 Å². The highest BCUT2D eigenvalue weighted by Crippen LogP contribution is 2.19. The molecule has 0 aliphatic rings. The Morgan fingerprint density at radius 3 is 2.88 bits per heavy atom. The molecule has 1 aromatic carbocycles. The normalized spacial score (nSPS) is 10.4. The lowest BCUT2D eigenvalue weighted by Crippen LogP contribution is -2.34. The second-order valence-electron chi connectivity index (χ2n) is 5.01. The van der Waals surface area contributed by atoms with E-state index in [0.29, 0.717) is 31.3 Å². The van der Waals surface area contributed by atoms with Gasteiger partial charge < -0.3 is 20.1 Å². The van der Waals surface area contributed by atoms with E-state index in [4.69, 9.17) is 9.47 Å². The first-order valence-corrected chi connectivity index (χ1v) is 7.52. The Labute approximate surface area is 140 Å². The van der Waals surface area contributed by atoms with Gasteiger partial charge in [-0.15, -0.1) is 0 Å². The number of carbonyl (C=O) groups excluding carboxylic acids is 1. The SMILES string of the molecule is COCCNCC(=O)NCc1ccc(Oc2cccc(F)c2)nc1. The van der Waals surface area contributed by atoms with E-state index in [9.17, 15) is 9.18 Å². The Morgan fingerprint density at radius 1 is 1.29 bits per heavy atom. The number of ether oxygens (including phenoxy) is 2. The van der Waals surface area contributed by atoms with Crippen molar-refractivity contribution in [2.45, 2.75) is 6.54 Å². The third-order valence-corrected chi connectivity index (χ3v) is 3.07. The van der Waals surface area contributed by atoms with E-state index < -0.39 is 0 Å². The molecule has 0 saturated heterocycles. The minimum absolute atomic E-state index is 0.105. The third-order valence-electron chi connectivity index (χ3n) is 3.07. The van der Waals surface area contributed by atoms with Crippen LogP contribution in [0.15, 0.2) is 42.6 Å². The van der Waals surface area contributed by atoms with Gasteiger partial charge >= 0.3 is 0 Å². The van der Waals surface area contributed by atoms with Crippen LogP contribution >= 0.6 is 0 Å². The molecule has 0 saturated carbocycles. The molecule has 2 N–H and O–H groups in total. The van der Waals surface area contributed by atoms with Crippen LogP contribution in [0.5, 0.6) is 11.6 Å². The van der Waals surface area contributed by atoms with Gasteiger partial charge in [-0.1, -0.05) is 12.1 Å². The van der Waals surface area contributed by atoms with Crippen LogP contribution in [-0.2, 0) is 16.1 Å². The molecule has 0 unspecified atom stereocenters. The standard InChI is InChI=1S/C17H20FN3O3/c1-23-8-7-19-12-16(22)20-10-13-5-6-17(21-11-13)24-15-4-2-3-14(18)9-15/h2-6,9,11,19H,7-8,10,12H2,1H3,(H,20,22). The number of methoxy groups -OCH3 is 1. The molecule has 0 radical (unpaired) electrons. The summed E-state index contributed by atoms with van der Waals surface area (Å²) in [7, 11) is 1.61. The van der Waals surface area contributed by atoms with Crippen LogP contribution in [0.4, 0.5) is 4.39 Å². The Kier molecular flexibility index (Phi) is 7.13. The first-order valence-electron chi connectivity index (χ1n) is 7.52. The predicted octanol–water partition coefficient (Wildman–Crippen LogP) is 1.87.